The lowest BCUT2D eigenvalue weighted by Crippen LogP contribution is -2.42. The Balaban J connectivity index is 0.000000913. The van der Waals surface area contributed by atoms with Crippen LogP contribution in [0.2, 0.25) is 5.02 Å². The third-order valence-corrected chi connectivity index (χ3v) is 6.66. The molecule has 1 aliphatic heterocycles. The molecular formula is C23H27ClN2O6. The van der Waals surface area contributed by atoms with Gasteiger partial charge in [0.2, 0.25) is 5.91 Å². The molecule has 1 saturated carbocycles. The van der Waals surface area contributed by atoms with E-state index in [1.165, 1.54) is 12.3 Å². The number of aromatic hydroxyl groups is 1. The van der Waals surface area contributed by atoms with Crippen molar-refractivity contribution in [1.29, 1.82) is 0 Å². The van der Waals surface area contributed by atoms with Gasteiger partial charge in [-0.1, -0.05) is 17.7 Å². The van der Waals surface area contributed by atoms with Crippen LogP contribution in [-0.2, 0) is 16.0 Å². The SMILES string of the molecule is CN(C(=O)c1ccco1)[C@H]1C[C@H]2CCN(C(=O)Cc3ccc(O)c(Cl)c3)C[C@H]2C1.O=CO. The quantitative estimate of drug-likeness (QED) is 0.674. The molecule has 8 nitrogen and oxygen atoms in total. The van der Waals surface area contributed by atoms with E-state index in [4.69, 9.17) is 25.9 Å². The predicted octanol–water partition coefficient (Wildman–Crippen LogP) is 3.28. The average molecular weight is 463 g/mol. The first-order valence-corrected chi connectivity index (χ1v) is 10.9. The van der Waals surface area contributed by atoms with Crippen molar-refractivity contribution in [2.45, 2.75) is 31.7 Å². The zero-order chi connectivity index (χ0) is 23.3. The summed E-state index contributed by atoms with van der Waals surface area (Å²) in [6, 6.07) is 8.48. The molecular weight excluding hydrogens is 436 g/mol. The summed E-state index contributed by atoms with van der Waals surface area (Å²) in [4.78, 5) is 37.4. The van der Waals surface area contributed by atoms with Crippen LogP contribution in [-0.4, -0.2) is 64.5 Å². The van der Waals surface area contributed by atoms with E-state index in [-0.39, 0.29) is 41.5 Å². The molecule has 172 valence electrons. The Morgan fingerprint density at radius 3 is 2.66 bits per heavy atom. The molecule has 4 rings (SSSR count). The Morgan fingerprint density at radius 2 is 2.00 bits per heavy atom. The van der Waals surface area contributed by atoms with Crippen LogP contribution in [0.3, 0.4) is 0 Å². The van der Waals surface area contributed by atoms with E-state index in [0.29, 0.717) is 17.6 Å². The fourth-order valence-electron chi connectivity index (χ4n) is 4.68. The number of nitrogens with zero attached hydrogens (tertiary/aromatic N) is 2. The number of carbonyl (C=O) groups is 3. The number of carbonyl (C=O) groups excluding carboxylic acids is 2. The molecule has 32 heavy (non-hydrogen) atoms. The van der Waals surface area contributed by atoms with E-state index in [2.05, 4.69) is 0 Å². The van der Waals surface area contributed by atoms with Gasteiger partial charge in [0.15, 0.2) is 5.76 Å². The molecule has 1 aliphatic carbocycles. The first kappa shape index (κ1) is 23.7. The number of amides is 2. The van der Waals surface area contributed by atoms with Crippen molar-refractivity contribution in [1.82, 2.24) is 9.80 Å². The summed E-state index contributed by atoms with van der Waals surface area (Å²) < 4.78 is 5.25. The van der Waals surface area contributed by atoms with Gasteiger partial charge >= 0.3 is 0 Å². The Bertz CT molecular complexity index is 948. The maximum Gasteiger partial charge on any atom is 0.290 e. The summed E-state index contributed by atoms with van der Waals surface area (Å²) in [5.74, 6) is 1.33. The molecule has 1 saturated heterocycles. The number of halogens is 1. The number of hydrogen-bond acceptors (Lipinski definition) is 5. The van der Waals surface area contributed by atoms with Gasteiger partial charge < -0.3 is 24.4 Å². The smallest absolute Gasteiger partial charge is 0.290 e. The summed E-state index contributed by atoms with van der Waals surface area (Å²) >= 11 is 5.95. The number of hydrogen-bond donors (Lipinski definition) is 2. The molecule has 2 amide bonds. The Labute approximate surface area is 191 Å². The van der Waals surface area contributed by atoms with Crippen LogP contribution < -0.4 is 0 Å². The van der Waals surface area contributed by atoms with Gasteiger partial charge in [-0.25, -0.2) is 0 Å². The van der Waals surface area contributed by atoms with Crippen molar-refractivity contribution in [3.8, 4) is 5.75 Å². The van der Waals surface area contributed by atoms with Crippen LogP contribution in [0.15, 0.2) is 41.0 Å². The predicted molar refractivity (Wildman–Crippen MR) is 118 cm³/mol. The fraction of sp³-hybridized carbons (Fsp3) is 0.435. The van der Waals surface area contributed by atoms with Gasteiger partial charge in [0.25, 0.3) is 12.4 Å². The molecule has 0 unspecified atom stereocenters. The number of phenolic OH excluding ortho intramolecular Hbond substituents is 1. The highest BCUT2D eigenvalue weighted by molar-refractivity contribution is 6.32. The summed E-state index contributed by atoms with van der Waals surface area (Å²) in [6.07, 6.45) is 4.63. The molecule has 1 aromatic carbocycles. The Hall–Kier alpha value is -3.00. The number of carboxylic acid groups (broad SMARTS) is 1. The molecule has 2 N–H and O–H groups in total. The van der Waals surface area contributed by atoms with E-state index in [9.17, 15) is 14.7 Å². The van der Waals surface area contributed by atoms with Gasteiger partial charge in [-0.05, 0) is 60.9 Å². The molecule has 3 atom stereocenters. The molecule has 9 heteroatoms. The van der Waals surface area contributed by atoms with Crippen LogP contribution in [0, 0.1) is 11.8 Å². The third-order valence-electron chi connectivity index (χ3n) is 6.36. The average Bonchev–Trinajstić information content (AvgIpc) is 3.45. The highest BCUT2D eigenvalue weighted by Crippen LogP contribution is 2.40. The minimum atomic E-state index is -0.250. The highest BCUT2D eigenvalue weighted by atomic mass is 35.5. The van der Waals surface area contributed by atoms with Gasteiger partial charge in [-0.15, -0.1) is 0 Å². The van der Waals surface area contributed by atoms with Crippen molar-refractivity contribution < 1.29 is 29.0 Å². The lowest BCUT2D eigenvalue weighted by atomic mass is 9.88. The highest BCUT2D eigenvalue weighted by Gasteiger charge is 2.41. The van der Waals surface area contributed by atoms with Crippen LogP contribution >= 0.6 is 11.6 Å². The largest absolute Gasteiger partial charge is 0.506 e. The fourth-order valence-corrected chi connectivity index (χ4v) is 4.89. The lowest BCUT2D eigenvalue weighted by molar-refractivity contribution is -0.132. The number of rotatable bonds is 4. The summed E-state index contributed by atoms with van der Waals surface area (Å²) in [7, 11) is 1.84. The number of benzene rings is 1. The maximum absolute atomic E-state index is 12.8. The summed E-state index contributed by atoms with van der Waals surface area (Å²) in [6.45, 7) is 1.23. The maximum atomic E-state index is 12.8. The van der Waals surface area contributed by atoms with E-state index < -0.39 is 0 Å². The number of piperidine rings is 1. The third kappa shape index (κ3) is 5.43. The van der Waals surface area contributed by atoms with E-state index in [1.54, 1.807) is 29.2 Å². The van der Waals surface area contributed by atoms with Crippen molar-refractivity contribution in [2.75, 3.05) is 20.1 Å². The Kier molecular flexibility index (Phi) is 7.80. The molecule has 0 radical (unpaired) electrons. The van der Waals surface area contributed by atoms with E-state index >= 15 is 0 Å². The molecule has 2 aromatic rings. The molecule has 0 bridgehead atoms. The van der Waals surface area contributed by atoms with E-state index in [0.717, 1.165) is 37.9 Å². The van der Waals surface area contributed by atoms with Crippen LogP contribution in [0.4, 0.5) is 0 Å². The minimum Gasteiger partial charge on any atom is -0.506 e. The first-order chi connectivity index (χ1) is 15.3. The topological polar surface area (TPSA) is 111 Å². The second-order valence-corrected chi connectivity index (χ2v) is 8.64. The van der Waals surface area contributed by atoms with Crippen molar-refractivity contribution in [2.24, 2.45) is 11.8 Å². The van der Waals surface area contributed by atoms with Gasteiger partial charge in [0, 0.05) is 26.2 Å². The molecule has 2 aliphatic rings. The Morgan fingerprint density at radius 1 is 1.28 bits per heavy atom. The van der Waals surface area contributed by atoms with Gasteiger partial charge in [0.1, 0.15) is 5.75 Å². The summed E-state index contributed by atoms with van der Waals surface area (Å²) in [5, 5.41) is 16.7. The van der Waals surface area contributed by atoms with Gasteiger partial charge in [-0.2, -0.15) is 0 Å². The van der Waals surface area contributed by atoms with Crippen LogP contribution in [0.25, 0.3) is 0 Å². The van der Waals surface area contributed by atoms with Crippen LogP contribution in [0.1, 0.15) is 35.4 Å². The molecule has 2 fully saturated rings. The standard InChI is InChI=1S/C22H25ClN2O4.CH2O2/c1-24(22(28)20-3-2-8-29-20)17-11-15-6-7-25(13-16(15)12-17)21(27)10-14-4-5-19(26)18(23)9-14;2-1-3/h2-5,8-9,15-17,26H,6-7,10-13H2,1H3;1H,(H,2,3)/t15-,16-,17+;/m1./s1. The van der Waals surface area contributed by atoms with Crippen molar-refractivity contribution in [3.63, 3.8) is 0 Å². The monoisotopic (exact) mass is 462 g/mol. The second kappa shape index (κ2) is 10.5. The normalized spacial score (nSPS) is 21.8. The molecule has 2 heterocycles. The minimum absolute atomic E-state index is 0.0221. The van der Waals surface area contributed by atoms with E-state index in [1.807, 2.05) is 11.9 Å². The first-order valence-electron chi connectivity index (χ1n) is 10.5. The van der Waals surface area contributed by atoms with Crippen LogP contribution in [0.5, 0.6) is 5.75 Å². The zero-order valence-electron chi connectivity index (χ0n) is 17.8. The number of phenols is 1. The lowest BCUT2D eigenvalue weighted by Gasteiger charge is -2.35. The molecule has 1 aromatic heterocycles. The van der Waals surface area contributed by atoms with Crippen molar-refractivity contribution in [3.05, 3.63) is 52.9 Å². The summed E-state index contributed by atoms with van der Waals surface area (Å²) in [5.41, 5.74) is 0.799. The molecule has 0 spiro atoms. The van der Waals surface area contributed by atoms with Gasteiger partial charge in [0.05, 0.1) is 17.7 Å². The zero-order valence-corrected chi connectivity index (χ0v) is 18.6. The second-order valence-electron chi connectivity index (χ2n) is 8.24. The van der Waals surface area contributed by atoms with Crippen molar-refractivity contribution >= 4 is 29.9 Å². The van der Waals surface area contributed by atoms with Gasteiger partial charge in [-0.3, -0.25) is 14.4 Å². The number of furan rings is 1. The number of fused-ring (bicyclic) bond motifs is 1. The number of likely N-dealkylation sites (tertiary alicyclic amines) is 1.